The SMILES string of the molecule is CC[C@@H](C(=O)NCCOc1cccc(C)c1)N(c1ccc(C)c(C)c1)S(C)(=O)=O. The summed E-state index contributed by atoms with van der Waals surface area (Å²) in [7, 11) is -3.64. The van der Waals surface area contributed by atoms with Crippen molar-refractivity contribution in [3.8, 4) is 5.75 Å². The minimum atomic E-state index is -3.64. The molecule has 6 nitrogen and oxygen atoms in total. The van der Waals surface area contributed by atoms with Gasteiger partial charge < -0.3 is 10.1 Å². The van der Waals surface area contributed by atoms with Gasteiger partial charge in [-0.3, -0.25) is 9.10 Å². The van der Waals surface area contributed by atoms with Gasteiger partial charge in [-0.05, 0) is 68.1 Å². The summed E-state index contributed by atoms with van der Waals surface area (Å²) >= 11 is 0. The van der Waals surface area contributed by atoms with Gasteiger partial charge in [0.25, 0.3) is 0 Å². The Morgan fingerprint density at radius 1 is 1.10 bits per heavy atom. The molecule has 1 amide bonds. The molecular weight excluding hydrogens is 388 g/mol. The summed E-state index contributed by atoms with van der Waals surface area (Å²) in [6.45, 7) is 8.24. The number of aryl methyl sites for hydroxylation is 3. The van der Waals surface area contributed by atoms with E-state index in [2.05, 4.69) is 5.32 Å². The second kappa shape index (κ2) is 9.78. The van der Waals surface area contributed by atoms with Crippen molar-refractivity contribution in [2.75, 3.05) is 23.7 Å². The summed E-state index contributed by atoms with van der Waals surface area (Å²) < 4.78 is 31.9. The Balaban J connectivity index is 2.08. The Hall–Kier alpha value is -2.54. The van der Waals surface area contributed by atoms with E-state index in [1.807, 2.05) is 51.1 Å². The third-order valence-electron chi connectivity index (χ3n) is 4.73. The number of hydrogen-bond acceptors (Lipinski definition) is 4. The van der Waals surface area contributed by atoms with Crippen LogP contribution in [0.1, 0.15) is 30.0 Å². The molecule has 0 aliphatic heterocycles. The summed E-state index contributed by atoms with van der Waals surface area (Å²) in [5.74, 6) is 0.392. The number of hydrogen-bond donors (Lipinski definition) is 1. The van der Waals surface area contributed by atoms with Gasteiger partial charge >= 0.3 is 0 Å². The van der Waals surface area contributed by atoms with Crippen molar-refractivity contribution in [1.82, 2.24) is 5.32 Å². The monoisotopic (exact) mass is 418 g/mol. The molecule has 0 spiro atoms. The Morgan fingerprint density at radius 3 is 2.41 bits per heavy atom. The lowest BCUT2D eigenvalue weighted by atomic mass is 10.1. The zero-order valence-corrected chi connectivity index (χ0v) is 18.5. The zero-order chi connectivity index (χ0) is 21.6. The number of nitrogens with zero attached hydrogens (tertiary/aromatic N) is 1. The average Bonchev–Trinajstić information content (AvgIpc) is 2.64. The Morgan fingerprint density at radius 2 is 1.83 bits per heavy atom. The number of amides is 1. The first-order valence-electron chi connectivity index (χ1n) is 9.67. The van der Waals surface area contributed by atoms with Gasteiger partial charge in [-0.15, -0.1) is 0 Å². The van der Waals surface area contributed by atoms with E-state index in [4.69, 9.17) is 4.74 Å². The predicted octanol–water partition coefficient (Wildman–Crippen LogP) is 3.35. The topological polar surface area (TPSA) is 75.7 Å². The Labute approximate surface area is 173 Å². The maximum Gasteiger partial charge on any atom is 0.244 e. The number of rotatable bonds is 9. The third-order valence-corrected chi connectivity index (χ3v) is 5.91. The van der Waals surface area contributed by atoms with Gasteiger partial charge in [0.15, 0.2) is 0 Å². The molecule has 2 aromatic rings. The molecule has 0 saturated heterocycles. The van der Waals surface area contributed by atoms with Crippen LogP contribution in [0.15, 0.2) is 42.5 Å². The van der Waals surface area contributed by atoms with Crippen molar-refractivity contribution >= 4 is 21.6 Å². The van der Waals surface area contributed by atoms with E-state index < -0.39 is 16.1 Å². The maximum atomic E-state index is 12.8. The van der Waals surface area contributed by atoms with E-state index in [9.17, 15) is 13.2 Å². The van der Waals surface area contributed by atoms with Crippen LogP contribution in [-0.2, 0) is 14.8 Å². The van der Waals surface area contributed by atoms with Gasteiger partial charge in [-0.1, -0.05) is 25.1 Å². The summed E-state index contributed by atoms with van der Waals surface area (Å²) in [5, 5.41) is 2.80. The molecule has 0 radical (unpaired) electrons. The smallest absolute Gasteiger partial charge is 0.244 e. The highest BCUT2D eigenvalue weighted by atomic mass is 32.2. The average molecular weight is 419 g/mol. The van der Waals surface area contributed by atoms with Crippen molar-refractivity contribution in [3.05, 3.63) is 59.2 Å². The van der Waals surface area contributed by atoms with Crippen LogP contribution in [0.5, 0.6) is 5.75 Å². The molecule has 1 N–H and O–H groups in total. The standard InChI is InChI=1S/C22H30N2O4S/c1-6-21(22(25)23-12-13-28-20-9-7-8-16(2)14-20)24(29(5,26)27)19-11-10-17(3)18(4)15-19/h7-11,14-15,21H,6,12-13H2,1-5H3,(H,23,25)/t21-/m0/s1. The predicted molar refractivity (Wildman–Crippen MR) is 117 cm³/mol. The molecule has 0 unspecified atom stereocenters. The molecule has 1 atom stereocenters. The highest BCUT2D eigenvalue weighted by molar-refractivity contribution is 7.92. The van der Waals surface area contributed by atoms with Gasteiger partial charge in [-0.2, -0.15) is 0 Å². The molecule has 0 aromatic heterocycles. The van der Waals surface area contributed by atoms with E-state index in [1.54, 1.807) is 19.1 Å². The molecule has 158 valence electrons. The van der Waals surface area contributed by atoms with E-state index >= 15 is 0 Å². The molecule has 0 bridgehead atoms. The highest BCUT2D eigenvalue weighted by Gasteiger charge is 2.31. The molecule has 0 heterocycles. The van der Waals surface area contributed by atoms with E-state index in [1.165, 1.54) is 4.31 Å². The fourth-order valence-electron chi connectivity index (χ4n) is 3.09. The molecule has 0 saturated carbocycles. The molecule has 2 rings (SSSR count). The maximum absolute atomic E-state index is 12.8. The van der Waals surface area contributed by atoms with Gasteiger partial charge in [0.05, 0.1) is 18.5 Å². The highest BCUT2D eigenvalue weighted by Crippen LogP contribution is 2.25. The van der Waals surface area contributed by atoms with Gasteiger partial charge in [-0.25, -0.2) is 8.42 Å². The van der Waals surface area contributed by atoms with Gasteiger partial charge in [0.1, 0.15) is 18.4 Å². The minimum absolute atomic E-state index is 0.286. The van der Waals surface area contributed by atoms with Crippen LogP contribution in [0, 0.1) is 20.8 Å². The number of carbonyl (C=O) groups is 1. The van der Waals surface area contributed by atoms with Crippen molar-refractivity contribution in [2.45, 2.75) is 40.2 Å². The van der Waals surface area contributed by atoms with E-state index in [0.717, 1.165) is 28.7 Å². The van der Waals surface area contributed by atoms with Crippen LogP contribution in [0.4, 0.5) is 5.69 Å². The van der Waals surface area contributed by atoms with E-state index in [-0.39, 0.29) is 12.5 Å². The van der Waals surface area contributed by atoms with Crippen molar-refractivity contribution < 1.29 is 17.9 Å². The van der Waals surface area contributed by atoms with Crippen LogP contribution in [0.3, 0.4) is 0 Å². The normalized spacial score (nSPS) is 12.3. The van der Waals surface area contributed by atoms with Crippen LogP contribution < -0.4 is 14.4 Å². The minimum Gasteiger partial charge on any atom is -0.492 e. The quantitative estimate of drug-likeness (QED) is 0.634. The molecule has 7 heteroatoms. The van der Waals surface area contributed by atoms with Crippen molar-refractivity contribution in [1.29, 1.82) is 0 Å². The van der Waals surface area contributed by atoms with Gasteiger partial charge in [0, 0.05) is 0 Å². The number of carbonyl (C=O) groups excluding carboxylic acids is 1. The van der Waals surface area contributed by atoms with Crippen LogP contribution >= 0.6 is 0 Å². The summed E-state index contributed by atoms with van der Waals surface area (Å²) in [6, 6.07) is 12.2. The Kier molecular flexibility index (Phi) is 7.67. The Bertz CT molecular complexity index is 957. The van der Waals surface area contributed by atoms with Crippen LogP contribution in [0.25, 0.3) is 0 Å². The lowest BCUT2D eigenvalue weighted by molar-refractivity contribution is -0.122. The summed E-state index contributed by atoms with van der Waals surface area (Å²) in [6.07, 6.45) is 1.48. The van der Waals surface area contributed by atoms with Crippen molar-refractivity contribution in [2.24, 2.45) is 0 Å². The fraction of sp³-hybridized carbons (Fsp3) is 0.409. The number of ether oxygens (including phenoxy) is 1. The number of sulfonamides is 1. The number of nitrogens with one attached hydrogen (secondary N) is 1. The van der Waals surface area contributed by atoms with Crippen LogP contribution in [0.2, 0.25) is 0 Å². The second-order valence-corrected chi connectivity index (χ2v) is 9.07. The fourth-order valence-corrected chi connectivity index (χ4v) is 4.29. The summed E-state index contributed by atoms with van der Waals surface area (Å²) in [4.78, 5) is 12.8. The van der Waals surface area contributed by atoms with Crippen molar-refractivity contribution in [3.63, 3.8) is 0 Å². The molecule has 0 aliphatic carbocycles. The largest absolute Gasteiger partial charge is 0.492 e. The lowest BCUT2D eigenvalue weighted by Gasteiger charge is -2.30. The third kappa shape index (κ3) is 6.22. The molecular formula is C22H30N2O4S. The van der Waals surface area contributed by atoms with E-state index in [0.29, 0.717) is 18.7 Å². The molecule has 0 fully saturated rings. The second-order valence-electron chi connectivity index (χ2n) is 7.21. The first-order chi connectivity index (χ1) is 13.6. The molecule has 29 heavy (non-hydrogen) atoms. The van der Waals surface area contributed by atoms with Crippen LogP contribution in [-0.4, -0.2) is 39.8 Å². The number of anilines is 1. The summed E-state index contributed by atoms with van der Waals surface area (Å²) in [5.41, 5.74) is 3.62. The molecule has 0 aliphatic rings. The zero-order valence-electron chi connectivity index (χ0n) is 17.7. The first-order valence-corrected chi connectivity index (χ1v) is 11.5. The lowest BCUT2D eigenvalue weighted by Crippen LogP contribution is -2.50. The molecule has 2 aromatic carbocycles. The van der Waals surface area contributed by atoms with Gasteiger partial charge in [0.2, 0.25) is 15.9 Å². The first kappa shape index (κ1) is 22.7. The number of benzene rings is 2.